The van der Waals surface area contributed by atoms with E-state index in [1.165, 1.54) is 30.3 Å². The number of carbonyl (C=O) groups excluding carboxylic acids is 2. The van der Waals surface area contributed by atoms with E-state index in [2.05, 4.69) is 6.92 Å². The maximum atomic E-state index is 14.4. The number of ether oxygens (including phenoxy) is 2. The quantitative estimate of drug-likeness (QED) is 0.0826. The first-order chi connectivity index (χ1) is 20.2. The molecule has 0 unspecified atom stereocenters. The first-order valence-electron chi connectivity index (χ1n) is 14.8. The van der Waals surface area contributed by atoms with Crippen LogP contribution in [0.1, 0.15) is 69.9 Å². The van der Waals surface area contributed by atoms with Crippen molar-refractivity contribution < 1.29 is 57.7 Å². The SMILES string of the molecule is CCCCCC[C@@H](CCC)C(=O)OC/C(=C(\C(=O)OCC[N+](C)(C)C)c1ccc(F)c(F)c1)c1ccc(S(C)(=O)=O)cc1.[Br-]. The van der Waals surface area contributed by atoms with Crippen molar-refractivity contribution >= 4 is 32.9 Å². The summed E-state index contributed by atoms with van der Waals surface area (Å²) in [4.78, 5) is 26.9. The summed E-state index contributed by atoms with van der Waals surface area (Å²) in [6, 6.07) is 8.81. The van der Waals surface area contributed by atoms with Crippen LogP contribution in [-0.4, -0.2) is 72.0 Å². The van der Waals surface area contributed by atoms with Crippen LogP contribution in [-0.2, 0) is 28.9 Å². The van der Waals surface area contributed by atoms with E-state index in [-0.39, 0.29) is 57.7 Å². The lowest BCUT2D eigenvalue weighted by Gasteiger charge is -2.24. The molecule has 0 saturated carbocycles. The molecule has 0 spiro atoms. The highest BCUT2D eigenvalue weighted by molar-refractivity contribution is 7.90. The van der Waals surface area contributed by atoms with Gasteiger partial charge in [-0.2, -0.15) is 0 Å². The van der Waals surface area contributed by atoms with Crippen LogP contribution in [0, 0.1) is 17.6 Å². The van der Waals surface area contributed by atoms with Gasteiger partial charge in [0.1, 0.15) is 19.8 Å². The Balaban J connectivity index is 0.00000968. The zero-order chi connectivity index (χ0) is 32.2. The fourth-order valence-corrected chi connectivity index (χ4v) is 5.19. The second-order valence-corrected chi connectivity index (χ2v) is 13.9. The van der Waals surface area contributed by atoms with Crippen molar-refractivity contribution in [3.63, 3.8) is 0 Å². The van der Waals surface area contributed by atoms with Gasteiger partial charge in [0.05, 0.1) is 37.5 Å². The number of likely N-dealkylation sites (N-methyl/N-ethyl adjacent to an activating group) is 1. The monoisotopic (exact) mass is 701 g/mol. The number of rotatable bonds is 17. The molecule has 0 N–H and O–H groups in total. The molecule has 2 rings (SSSR count). The largest absolute Gasteiger partial charge is 1.00 e. The Hall–Kier alpha value is -2.63. The minimum atomic E-state index is -3.51. The summed E-state index contributed by atoms with van der Waals surface area (Å²) < 4.78 is 64.4. The highest BCUT2D eigenvalue weighted by Crippen LogP contribution is 2.31. The molecule has 0 heterocycles. The molecule has 0 radical (unpaired) electrons. The normalized spacial score (nSPS) is 13.0. The van der Waals surface area contributed by atoms with Gasteiger partial charge in [-0.05, 0) is 48.2 Å². The Bertz CT molecular complexity index is 1370. The maximum Gasteiger partial charge on any atom is 0.339 e. The summed E-state index contributed by atoms with van der Waals surface area (Å²) in [5.74, 6) is -3.78. The Morgan fingerprint density at radius 2 is 1.48 bits per heavy atom. The van der Waals surface area contributed by atoms with E-state index in [9.17, 15) is 26.8 Å². The third-order valence-corrected chi connectivity index (χ3v) is 8.20. The van der Waals surface area contributed by atoms with E-state index < -0.39 is 33.4 Å². The average Bonchev–Trinajstić information content (AvgIpc) is 2.93. The molecule has 2 aromatic rings. The number of nitrogens with zero attached hydrogens (tertiary/aromatic N) is 1. The summed E-state index contributed by atoms with van der Waals surface area (Å²) >= 11 is 0. The van der Waals surface area contributed by atoms with Crippen molar-refractivity contribution in [1.29, 1.82) is 0 Å². The van der Waals surface area contributed by atoms with Gasteiger partial charge in [0.25, 0.3) is 0 Å². The van der Waals surface area contributed by atoms with Crippen molar-refractivity contribution in [2.45, 2.75) is 63.7 Å². The van der Waals surface area contributed by atoms with E-state index in [0.717, 1.165) is 50.5 Å². The minimum absolute atomic E-state index is 0. The minimum Gasteiger partial charge on any atom is -1.00 e. The molecule has 246 valence electrons. The van der Waals surface area contributed by atoms with Crippen molar-refractivity contribution in [2.75, 3.05) is 47.2 Å². The van der Waals surface area contributed by atoms with Crippen molar-refractivity contribution in [2.24, 2.45) is 5.92 Å². The smallest absolute Gasteiger partial charge is 0.339 e. The van der Waals surface area contributed by atoms with Gasteiger partial charge in [-0.1, -0.05) is 64.2 Å². The molecule has 44 heavy (non-hydrogen) atoms. The predicted octanol–water partition coefficient (Wildman–Crippen LogP) is 3.46. The first kappa shape index (κ1) is 39.4. The number of carbonyl (C=O) groups is 2. The third kappa shape index (κ3) is 12.8. The molecule has 0 aromatic heterocycles. The lowest BCUT2D eigenvalue weighted by atomic mass is 9.94. The summed E-state index contributed by atoms with van der Waals surface area (Å²) in [6.07, 6.45) is 7.26. The molecule has 0 bridgehead atoms. The zero-order valence-electron chi connectivity index (χ0n) is 26.6. The average molecular weight is 703 g/mol. The number of hydrogen-bond acceptors (Lipinski definition) is 6. The van der Waals surface area contributed by atoms with Crippen LogP contribution >= 0.6 is 0 Å². The number of esters is 2. The summed E-state index contributed by atoms with van der Waals surface area (Å²) in [6.45, 7) is 4.29. The first-order valence-corrected chi connectivity index (χ1v) is 16.7. The molecular formula is C33H46BrF2NO6S. The van der Waals surface area contributed by atoms with Gasteiger partial charge in [0.2, 0.25) is 0 Å². The third-order valence-electron chi connectivity index (χ3n) is 7.08. The summed E-state index contributed by atoms with van der Waals surface area (Å²) in [5.41, 5.74) is 0.502. The van der Waals surface area contributed by atoms with E-state index in [4.69, 9.17) is 9.47 Å². The molecule has 2 aromatic carbocycles. The van der Waals surface area contributed by atoms with Crippen LogP contribution in [0.2, 0.25) is 0 Å². The number of unbranched alkanes of at least 4 members (excludes halogenated alkanes) is 3. The van der Waals surface area contributed by atoms with E-state index >= 15 is 0 Å². The second-order valence-electron chi connectivity index (χ2n) is 11.9. The molecule has 0 fully saturated rings. The fraction of sp³-hybridized carbons (Fsp3) is 0.515. The number of quaternary nitrogens is 1. The van der Waals surface area contributed by atoms with Gasteiger partial charge in [0, 0.05) is 11.8 Å². The van der Waals surface area contributed by atoms with E-state index in [0.29, 0.717) is 29.4 Å². The molecule has 1 atom stereocenters. The Morgan fingerprint density at radius 3 is 2.02 bits per heavy atom. The van der Waals surface area contributed by atoms with E-state index in [1.54, 1.807) is 0 Å². The van der Waals surface area contributed by atoms with Gasteiger partial charge in [-0.3, -0.25) is 4.79 Å². The van der Waals surface area contributed by atoms with Gasteiger partial charge in [-0.15, -0.1) is 0 Å². The molecule has 0 aliphatic heterocycles. The van der Waals surface area contributed by atoms with Crippen molar-refractivity contribution in [1.82, 2.24) is 0 Å². The van der Waals surface area contributed by atoms with Crippen molar-refractivity contribution in [3.05, 3.63) is 65.2 Å². The maximum absolute atomic E-state index is 14.4. The Kier molecular flexibility index (Phi) is 16.4. The summed E-state index contributed by atoms with van der Waals surface area (Å²) in [7, 11) is 2.29. The van der Waals surface area contributed by atoms with Crippen LogP contribution in [0.25, 0.3) is 11.1 Å². The second kappa shape index (κ2) is 18.4. The topological polar surface area (TPSA) is 86.7 Å². The van der Waals surface area contributed by atoms with Gasteiger partial charge in [0.15, 0.2) is 21.5 Å². The zero-order valence-corrected chi connectivity index (χ0v) is 29.0. The molecule has 0 amide bonds. The van der Waals surface area contributed by atoms with Gasteiger partial charge in [-0.25, -0.2) is 22.0 Å². The lowest BCUT2D eigenvalue weighted by Crippen LogP contribution is -3.00. The Labute approximate surface area is 271 Å². The Morgan fingerprint density at radius 1 is 0.841 bits per heavy atom. The molecule has 0 aliphatic carbocycles. The molecular weight excluding hydrogens is 656 g/mol. The van der Waals surface area contributed by atoms with Crippen molar-refractivity contribution in [3.8, 4) is 0 Å². The van der Waals surface area contributed by atoms with Crippen LogP contribution < -0.4 is 17.0 Å². The van der Waals surface area contributed by atoms with Crippen LogP contribution in [0.4, 0.5) is 8.78 Å². The number of benzene rings is 2. The van der Waals surface area contributed by atoms with E-state index in [1.807, 2.05) is 28.1 Å². The predicted molar refractivity (Wildman–Crippen MR) is 165 cm³/mol. The van der Waals surface area contributed by atoms with Crippen LogP contribution in [0.5, 0.6) is 0 Å². The standard InChI is InChI=1S/C33H46F2NO6S.BrH/c1-7-9-10-11-13-25(12-8-2)32(37)42-23-28(24-14-17-27(18-15-24)43(6,39)40)31(26-16-19-29(34)30(35)22-26)33(38)41-21-20-36(3,4)5;/h14-19,22,25H,7-13,20-21,23H2,1-6H3;1H/q+1;/p-1/b31-28+;/t25-;/m1./s1. The molecule has 0 saturated heterocycles. The number of sulfone groups is 1. The molecule has 11 heteroatoms. The van der Waals surface area contributed by atoms with Gasteiger partial charge >= 0.3 is 11.9 Å². The molecule has 7 nitrogen and oxygen atoms in total. The van der Waals surface area contributed by atoms with Gasteiger partial charge < -0.3 is 30.9 Å². The molecule has 0 aliphatic rings. The fourth-order valence-electron chi connectivity index (χ4n) is 4.56. The van der Waals surface area contributed by atoms with Crippen LogP contribution in [0.15, 0.2) is 47.4 Å². The highest BCUT2D eigenvalue weighted by Gasteiger charge is 2.26. The lowest BCUT2D eigenvalue weighted by molar-refractivity contribution is -0.870. The highest BCUT2D eigenvalue weighted by atomic mass is 79.9. The number of halogens is 3. The van der Waals surface area contributed by atoms with Crippen LogP contribution in [0.3, 0.4) is 0 Å². The number of hydrogen-bond donors (Lipinski definition) is 0. The summed E-state index contributed by atoms with van der Waals surface area (Å²) in [5, 5.41) is 0.